The van der Waals surface area contributed by atoms with Crippen LogP contribution < -0.4 is 5.73 Å². The van der Waals surface area contributed by atoms with Gasteiger partial charge in [0.25, 0.3) is 0 Å². The molecule has 1 fully saturated rings. The number of fused-ring (bicyclic) bond motifs is 1. The van der Waals surface area contributed by atoms with Gasteiger partial charge in [0, 0.05) is 25.4 Å². The van der Waals surface area contributed by atoms with Gasteiger partial charge in [-0.15, -0.1) is 0 Å². The molecule has 4 nitrogen and oxygen atoms in total. The van der Waals surface area contributed by atoms with Crippen LogP contribution in [0.4, 0.5) is 5.69 Å². The number of benzene rings is 1. The summed E-state index contributed by atoms with van der Waals surface area (Å²) in [6, 6.07) is 6.00. The quantitative estimate of drug-likeness (QED) is 0.824. The molecule has 2 aliphatic heterocycles. The largest absolute Gasteiger partial charge is 0.398 e. The number of nitrogen functional groups attached to an aromatic ring is 1. The summed E-state index contributed by atoms with van der Waals surface area (Å²) in [4.78, 5) is 14.2. The lowest BCUT2D eigenvalue weighted by Crippen LogP contribution is -2.37. The first kappa shape index (κ1) is 12.5. The molecule has 2 N–H and O–H groups in total. The molecule has 102 valence electrons. The number of anilines is 1. The van der Waals surface area contributed by atoms with Crippen molar-refractivity contribution >= 4 is 11.6 Å². The van der Waals surface area contributed by atoms with Crippen LogP contribution in [-0.2, 0) is 22.5 Å². The van der Waals surface area contributed by atoms with Crippen LogP contribution in [0.1, 0.15) is 30.4 Å². The molecule has 2 heterocycles. The fourth-order valence-electron chi connectivity index (χ4n) is 2.95. The lowest BCUT2D eigenvalue weighted by molar-refractivity contribution is -0.134. The average molecular weight is 260 g/mol. The van der Waals surface area contributed by atoms with E-state index in [1.54, 1.807) is 0 Å². The summed E-state index contributed by atoms with van der Waals surface area (Å²) >= 11 is 0. The summed E-state index contributed by atoms with van der Waals surface area (Å²) in [7, 11) is 0. The van der Waals surface area contributed by atoms with E-state index in [0.717, 1.165) is 43.7 Å². The van der Waals surface area contributed by atoms with E-state index >= 15 is 0 Å². The summed E-state index contributed by atoms with van der Waals surface area (Å²) in [6.45, 7) is 2.24. The Hall–Kier alpha value is -1.55. The van der Waals surface area contributed by atoms with E-state index in [4.69, 9.17) is 10.5 Å². The van der Waals surface area contributed by atoms with E-state index in [-0.39, 0.29) is 12.0 Å². The molecule has 1 amide bonds. The molecule has 1 aromatic carbocycles. The van der Waals surface area contributed by atoms with Gasteiger partial charge >= 0.3 is 0 Å². The normalized spacial score (nSPS) is 22.3. The molecule has 3 rings (SSSR count). The van der Waals surface area contributed by atoms with E-state index < -0.39 is 0 Å². The van der Waals surface area contributed by atoms with Gasteiger partial charge < -0.3 is 15.4 Å². The maximum Gasteiger partial charge on any atom is 0.225 e. The van der Waals surface area contributed by atoms with Crippen molar-refractivity contribution in [1.82, 2.24) is 4.90 Å². The predicted octanol–water partition coefficient (Wildman–Crippen LogP) is 1.72. The first-order valence-electron chi connectivity index (χ1n) is 6.99. The van der Waals surface area contributed by atoms with Gasteiger partial charge in [-0.05, 0) is 36.5 Å². The van der Waals surface area contributed by atoms with Crippen LogP contribution in [0.25, 0.3) is 0 Å². The van der Waals surface area contributed by atoms with Gasteiger partial charge in [0.15, 0.2) is 0 Å². The number of nitrogens with two attached hydrogens (primary N) is 1. The second-order valence-electron chi connectivity index (χ2n) is 5.39. The number of ether oxygens (including phenoxy) is 1. The van der Waals surface area contributed by atoms with Gasteiger partial charge in [-0.2, -0.15) is 0 Å². The zero-order chi connectivity index (χ0) is 13.2. The third-order valence-corrected chi connectivity index (χ3v) is 4.09. The van der Waals surface area contributed by atoms with Gasteiger partial charge in [-0.1, -0.05) is 12.1 Å². The minimum absolute atomic E-state index is 0.127. The third kappa shape index (κ3) is 2.59. The Balaban J connectivity index is 1.67. The molecule has 1 atom stereocenters. The van der Waals surface area contributed by atoms with Crippen LogP contribution in [0.3, 0.4) is 0 Å². The second kappa shape index (κ2) is 5.21. The fraction of sp³-hybridized carbons (Fsp3) is 0.533. The summed E-state index contributed by atoms with van der Waals surface area (Å²) in [5.41, 5.74) is 9.20. The fourth-order valence-corrected chi connectivity index (χ4v) is 2.95. The molecule has 2 aliphatic rings. The van der Waals surface area contributed by atoms with Crippen LogP contribution in [0.5, 0.6) is 0 Å². The van der Waals surface area contributed by atoms with Crippen molar-refractivity contribution in [2.45, 2.75) is 38.3 Å². The van der Waals surface area contributed by atoms with E-state index in [1.807, 2.05) is 17.0 Å². The molecule has 0 saturated carbocycles. The van der Waals surface area contributed by atoms with Gasteiger partial charge in [-0.3, -0.25) is 4.79 Å². The highest BCUT2D eigenvalue weighted by molar-refractivity contribution is 5.77. The summed E-state index contributed by atoms with van der Waals surface area (Å²) in [5, 5.41) is 0. The summed E-state index contributed by atoms with van der Waals surface area (Å²) in [6.07, 6.45) is 3.63. The predicted molar refractivity (Wildman–Crippen MR) is 73.6 cm³/mol. The number of nitrogens with zero attached hydrogens (tertiary/aromatic N) is 1. The zero-order valence-corrected chi connectivity index (χ0v) is 11.1. The van der Waals surface area contributed by atoms with E-state index in [2.05, 4.69) is 6.07 Å². The van der Waals surface area contributed by atoms with Crippen LogP contribution in [0.15, 0.2) is 18.2 Å². The van der Waals surface area contributed by atoms with E-state index in [1.165, 1.54) is 5.56 Å². The zero-order valence-electron chi connectivity index (χ0n) is 11.1. The molecule has 1 aromatic rings. The maximum atomic E-state index is 12.3. The average Bonchev–Trinajstić information content (AvgIpc) is 2.92. The van der Waals surface area contributed by atoms with Crippen LogP contribution in [-0.4, -0.2) is 30.1 Å². The molecule has 4 heteroatoms. The van der Waals surface area contributed by atoms with Crippen LogP contribution in [0, 0.1) is 0 Å². The molecule has 1 saturated heterocycles. The molecule has 1 unspecified atom stereocenters. The first-order valence-corrected chi connectivity index (χ1v) is 6.99. The van der Waals surface area contributed by atoms with E-state index in [0.29, 0.717) is 13.0 Å². The highest BCUT2D eigenvalue weighted by atomic mass is 16.5. The first-order chi connectivity index (χ1) is 9.24. The number of carbonyl (C=O) groups is 1. The molecular formula is C15H20N2O2. The lowest BCUT2D eigenvalue weighted by Gasteiger charge is -2.30. The van der Waals surface area contributed by atoms with Gasteiger partial charge in [-0.25, -0.2) is 0 Å². The Morgan fingerprint density at radius 3 is 3.16 bits per heavy atom. The number of rotatable bonds is 2. The maximum absolute atomic E-state index is 12.3. The van der Waals surface area contributed by atoms with Crippen LogP contribution >= 0.6 is 0 Å². The minimum Gasteiger partial charge on any atom is -0.398 e. The molecule has 0 radical (unpaired) electrons. The van der Waals surface area contributed by atoms with Gasteiger partial charge in [0.2, 0.25) is 5.91 Å². The Bertz CT molecular complexity index is 481. The Morgan fingerprint density at radius 1 is 1.47 bits per heavy atom. The second-order valence-corrected chi connectivity index (χ2v) is 5.39. The van der Waals surface area contributed by atoms with Crippen molar-refractivity contribution in [1.29, 1.82) is 0 Å². The van der Waals surface area contributed by atoms with Crippen molar-refractivity contribution in [2.24, 2.45) is 0 Å². The van der Waals surface area contributed by atoms with Gasteiger partial charge in [0.05, 0.1) is 12.5 Å². The number of carbonyl (C=O) groups excluding carboxylic acids is 1. The summed E-state index contributed by atoms with van der Waals surface area (Å²) in [5.74, 6) is 0.195. The van der Waals surface area contributed by atoms with Crippen molar-refractivity contribution < 1.29 is 9.53 Å². The number of amides is 1. The smallest absolute Gasteiger partial charge is 0.225 e. The molecule has 0 spiro atoms. The van der Waals surface area contributed by atoms with E-state index in [9.17, 15) is 4.79 Å². The number of hydrogen-bond donors (Lipinski definition) is 1. The third-order valence-electron chi connectivity index (χ3n) is 4.09. The molecule has 0 bridgehead atoms. The molecule has 19 heavy (non-hydrogen) atoms. The van der Waals surface area contributed by atoms with Crippen molar-refractivity contribution in [2.75, 3.05) is 18.9 Å². The van der Waals surface area contributed by atoms with Crippen molar-refractivity contribution in [3.05, 3.63) is 29.3 Å². The highest BCUT2D eigenvalue weighted by Gasteiger charge is 2.26. The van der Waals surface area contributed by atoms with Gasteiger partial charge in [0.1, 0.15) is 0 Å². The minimum atomic E-state index is 0.127. The topological polar surface area (TPSA) is 55.6 Å². The molecular weight excluding hydrogens is 240 g/mol. The van der Waals surface area contributed by atoms with Crippen LogP contribution in [0.2, 0.25) is 0 Å². The molecule has 0 aliphatic carbocycles. The lowest BCUT2D eigenvalue weighted by atomic mass is 9.97. The highest BCUT2D eigenvalue weighted by Crippen LogP contribution is 2.25. The number of hydrogen-bond acceptors (Lipinski definition) is 3. The standard InChI is InChI=1S/C15H20N2O2/c16-14-5-1-3-11-6-7-17(10-13(11)14)15(18)9-12-4-2-8-19-12/h1,3,5,12H,2,4,6-10,16H2. The molecule has 0 aromatic heterocycles. The summed E-state index contributed by atoms with van der Waals surface area (Å²) < 4.78 is 5.54. The Morgan fingerprint density at radius 2 is 2.37 bits per heavy atom. The van der Waals surface area contributed by atoms with Crippen molar-refractivity contribution in [3.8, 4) is 0 Å². The van der Waals surface area contributed by atoms with Crippen molar-refractivity contribution in [3.63, 3.8) is 0 Å². The Kier molecular flexibility index (Phi) is 3.42. The Labute approximate surface area is 113 Å². The monoisotopic (exact) mass is 260 g/mol. The SMILES string of the molecule is Nc1cccc2c1CN(C(=O)CC1CCCO1)CC2.